The molecule has 2 spiro atoms. The first kappa shape index (κ1) is 11.7. The van der Waals surface area contributed by atoms with Crippen molar-refractivity contribution in [3.8, 4) is 0 Å². The number of hydrogen-bond acceptors (Lipinski definition) is 3. The molecular weight excluding hydrogens is 224 g/mol. The van der Waals surface area contributed by atoms with Gasteiger partial charge in [-0.2, -0.15) is 0 Å². The van der Waals surface area contributed by atoms with Crippen molar-refractivity contribution in [1.29, 1.82) is 0 Å². The van der Waals surface area contributed by atoms with Gasteiger partial charge in [0.2, 0.25) is 0 Å². The SMILES string of the molecule is C1CC2(C1)CC(N1CC3(CCOCC3)C1)CCN2. The molecule has 0 amide bonds. The van der Waals surface area contributed by atoms with Crippen molar-refractivity contribution in [2.45, 2.75) is 56.5 Å². The second-order valence-corrected chi connectivity index (χ2v) is 7.22. The predicted octanol–water partition coefficient (Wildman–Crippen LogP) is 1.77. The third-order valence-electron chi connectivity index (χ3n) is 6.06. The summed E-state index contributed by atoms with van der Waals surface area (Å²) in [5.74, 6) is 0. The lowest BCUT2D eigenvalue weighted by molar-refractivity contribution is -0.109. The van der Waals surface area contributed by atoms with Crippen molar-refractivity contribution in [2.75, 3.05) is 32.8 Å². The number of nitrogens with zero attached hydrogens (tertiary/aromatic N) is 1. The van der Waals surface area contributed by atoms with E-state index >= 15 is 0 Å². The number of rotatable bonds is 1. The predicted molar refractivity (Wildman–Crippen MR) is 71.7 cm³/mol. The number of likely N-dealkylation sites (tertiary alicyclic amines) is 1. The summed E-state index contributed by atoms with van der Waals surface area (Å²) in [6, 6.07) is 0.875. The van der Waals surface area contributed by atoms with Crippen molar-refractivity contribution in [3.05, 3.63) is 0 Å². The first-order chi connectivity index (χ1) is 8.79. The Morgan fingerprint density at radius 1 is 1.06 bits per heavy atom. The molecule has 102 valence electrons. The van der Waals surface area contributed by atoms with E-state index in [-0.39, 0.29) is 0 Å². The lowest BCUT2D eigenvalue weighted by atomic mass is 9.67. The Morgan fingerprint density at radius 3 is 2.50 bits per heavy atom. The first-order valence-electron chi connectivity index (χ1n) is 7.86. The molecule has 1 saturated carbocycles. The van der Waals surface area contributed by atoms with Gasteiger partial charge in [0, 0.05) is 43.3 Å². The Labute approximate surface area is 110 Å². The summed E-state index contributed by atoms with van der Waals surface area (Å²) >= 11 is 0. The maximum Gasteiger partial charge on any atom is 0.0472 e. The van der Waals surface area contributed by atoms with Crippen LogP contribution in [0.5, 0.6) is 0 Å². The smallest absolute Gasteiger partial charge is 0.0472 e. The molecule has 0 bridgehead atoms. The fourth-order valence-electron chi connectivity index (χ4n) is 4.62. The number of ether oxygens (including phenoxy) is 1. The van der Waals surface area contributed by atoms with Crippen LogP contribution in [0.25, 0.3) is 0 Å². The highest BCUT2D eigenvalue weighted by molar-refractivity contribution is 5.06. The van der Waals surface area contributed by atoms with Gasteiger partial charge in [-0.15, -0.1) is 0 Å². The average Bonchev–Trinajstić information content (AvgIpc) is 2.35. The lowest BCUT2D eigenvalue weighted by Crippen LogP contribution is -2.66. The van der Waals surface area contributed by atoms with Crippen LogP contribution in [-0.4, -0.2) is 49.3 Å². The van der Waals surface area contributed by atoms with Crippen LogP contribution in [0.15, 0.2) is 0 Å². The summed E-state index contributed by atoms with van der Waals surface area (Å²) in [4.78, 5) is 2.78. The molecule has 1 aliphatic carbocycles. The normalized spacial score (nSPS) is 38.3. The zero-order chi connectivity index (χ0) is 12.1. The summed E-state index contributed by atoms with van der Waals surface area (Å²) in [5, 5.41) is 3.79. The summed E-state index contributed by atoms with van der Waals surface area (Å²) in [5.41, 5.74) is 1.21. The molecule has 3 saturated heterocycles. The van der Waals surface area contributed by atoms with Gasteiger partial charge >= 0.3 is 0 Å². The largest absolute Gasteiger partial charge is 0.381 e. The monoisotopic (exact) mass is 250 g/mol. The van der Waals surface area contributed by atoms with Crippen molar-refractivity contribution in [1.82, 2.24) is 10.2 Å². The minimum Gasteiger partial charge on any atom is -0.381 e. The molecule has 0 radical (unpaired) electrons. The van der Waals surface area contributed by atoms with Crippen LogP contribution in [0.2, 0.25) is 0 Å². The van der Waals surface area contributed by atoms with Gasteiger partial charge in [-0.05, 0) is 51.5 Å². The molecule has 3 heterocycles. The molecule has 0 aromatic heterocycles. The summed E-state index contributed by atoms with van der Waals surface area (Å²) < 4.78 is 5.51. The topological polar surface area (TPSA) is 24.5 Å². The highest BCUT2D eigenvalue weighted by Crippen LogP contribution is 2.45. The molecule has 4 aliphatic rings. The molecule has 1 N–H and O–H groups in total. The van der Waals surface area contributed by atoms with E-state index in [4.69, 9.17) is 4.74 Å². The van der Waals surface area contributed by atoms with E-state index in [0.717, 1.165) is 19.3 Å². The maximum atomic E-state index is 5.51. The fraction of sp³-hybridized carbons (Fsp3) is 1.00. The Morgan fingerprint density at radius 2 is 1.83 bits per heavy atom. The van der Waals surface area contributed by atoms with E-state index in [0.29, 0.717) is 11.0 Å². The van der Waals surface area contributed by atoms with E-state index in [9.17, 15) is 0 Å². The third-order valence-corrected chi connectivity index (χ3v) is 6.06. The number of nitrogens with one attached hydrogen (secondary N) is 1. The second-order valence-electron chi connectivity index (χ2n) is 7.22. The Kier molecular flexibility index (Phi) is 2.72. The molecule has 3 heteroatoms. The van der Waals surface area contributed by atoms with Crippen molar-refractivity contribution in [3.63, 3.8) is 0 Å². The Hall–Kier alpha value is -0.120. The zero-order valence-corrected chi connectivity index (χ0v) is 11.4. The Bertz CT molecular complexity index is 312. The number of piperidine rings is 1. The van der Waals surface area contributed by atoms with Crippen LogP contribution in [-0.2, 0) is 4.74 Å². The van der Waals surface area contributed by atoms with Gasteiger partial charge in [-0.3, -0.25) is 4.90 Å². The van der Waals surface area contributed by atoms with E-state index in [2.05, 4.69) is 10.2 Å². The molecule has 0 aromatic carbocycles. The summed E-state index contributed by atoms with van der Waals surface area (Å²) in [6.45, 7) is 5.97. The van der Waals surface area contributed by atoms with E-state index in [1.165, 1.54) is 64.6 Å². The van der Waals surface area contributed by atoms with Crippen LogP contribution in [0, 0.1) is 5.41 Å². The van der Waals surface area contributed by atoms with Crippen LogP contribution in [0.4, 0.5) is 0 Å². The highest BCUT2D eigenvalue weighted by atomic mass is 16.5. The molecule has 1 unspecified atom stereocenters. The molecule has 18 heavy (non-hydrogen) atoms. The minimum atomic E-state index is 0.557. The average molecular weight is 250 g/mol. The lowest BCUT2D eigenvalue weighted by Gasteiger charge is -2.58. The molecular formula is C15H26N2O. The maximum absolute atomic E-state index is 5.51. The molecule has 4 rings (SSSR count). The molecule has 4 fully saturated rings. The summed E-state index contributed by atoms with van der Waals surface area (Å²) in [7, 11) is 0. The zero-order valence-electron chi connectivity index (χ0n) is 11.4. The van der Waals surface area contributed by atoms with Gasteiger partial charge < -0.3 is 10.1 Å². The summed E-state index contributed by atoms with van der Waals surface area (Å²) in [6.07, 6.45) is 9.70. The molecule has 0 aromatic rings. The van der Waals surface area contributed by atoms with Crippen molar-refractivity contribution >= 4 is 0 Å². The van der Waals surface area contributed by atoms with Gasteiger partial charge in [0.15, 0.2) is 0 Å². The van der Waals surface area contributed by atoms with Gasteiger partial charge in [-0.1, -0.05) is 0 Å². The molecule has 1 atom stereocenters. The standard InChI is InChI=1S/C15H26N2O/c1-3-15(4-1)10-13(2-7-16-15)17-11-14(12-17)5-8-18-9-6-14/h13,16H,1-12H2. The van der Waals surface area contributed by atoms with Gasteiger partial charge in [-0.25, -0.2) is 0 Å². The van der Waals surface area contributed by atoms with Crippen LogP contribution < -0.4 is 5.32 Å². The van der Waals surface area contributed by atoms with Gasteiger partial charge in [0.05, 0.1) is 0 Å². The van der Waals surface area contributed by atoms with Gasteiger partial charge in [0.1, 0.15) is 0 Å². The van der Waals surface area contributed by atoms with E-state index in [1.54, 1.807) is 0 Å². The first-order valence-corrected chi connectivity index (χ1v) is 7.86. The third kappa shape index (κ3) is 1.83. The van der Waals surface area contributed by atoms with E-state index in [1.807, 2.05) is 0 Å². The van der Waals surface area contributed by atoms with Crippen molar-refractivity contribution < 1.29 is 4.74 Å². The van der Waals surface area contributed by atoms with Gasteiger partial charge in [0.25, 0.3) is 0 Å². The van der Waals surface area contributed by atoms with Crippen LogP contribution >= 0.6 is 0 Å². The highest BCUT2D eigenvalue weighted by Gasteiger charge is 2.49. The minimum absolute atomic E-state index is 0.557. The second kappa shape index (κ2) is 4.19. The fourth-order valence-corrected chi connectivity index (χ4v) is 4.62. The molecule has 3 nitrogen and oxygen atoms in total. The van der Waals surface area contributed by atoms with E-state index < -0.39 is 0 Å². The van der Waals surface area contributed by atoms with Crippen molar-refractivity contribution in [2.24, 2.45) is 5.41 Å². The molecule has 3 aliphatic heterocycles. The van der Waals surface area contributed by atoms with Crippen LogP contribution in [0.1, 0.15) is 44.9 Å². The Balaban J connectivity index is 1.35. The number of hydrogen-bond donors (Lipinski definition) is 1. The quantitative estimate of drug-likeness (QED) is 0.767. The van der Waals surface area contributed by atoms with Crippen LogP contribution in [0.3, 0.4) is 0 Å².